The van der Waals surface area contributed by atoms with Crippen LogP contribution in [-0.2, 0) is 14.6 Å². The van der Waals surface area contributed by atoms with E-state index in [1.54, 1.807) is 19.1 Å². The van der Waals surface area contributed by atoms with E-state index in [0.717, 1.165) is 32.1 Å². The molecule has 1 fully saturated rings. The van der Waals surface area contributed by atoms with Gasteiger partial charge in [0.1, 0.15) is 0 Å². The van der Waals surface area contributed by atoms with Crippen molar-refractivity contribution in [3.05, 3.63) is 24.3 Å². The van der Waals surface area contributed by atoms with E-state index in [-0.39, 0.29) is 5.75 Å². The summed E-state index contributed by atoms with van der Waals surface area (Å²) in [5, 5.41) is 3.20. The Labute approximate surface area is 121 Å². The van der Waals surface area contributed by atoms with E-state index >= 15 is 0 Å². The highest BCUT2D eigenvalue weighted by molar-refractivity contribution is 7.91. The van der Waals surface area contributed by atoms with Gasteiger partial charge < -0.3 is 10.1 Å². The summed E-state index contributed by atoms with van der Waals surface area (Å²) in [6.07, 6.45) is 3.49. The predicted molar refractivity (Wildman–Crippen MR) is 80.8 cm³/mol. The van der Waals surface area contributed by atoms with Gasteiger partial charge in [-0.25, -0.2) is 8.42 Å². The second-order valence-corrected chi connectivity index (χ2v) is 7.44. The Balaban J connectivity index is 1.79. The molecule has 1 aliphatic rings. The summed E-state index contributed by atoms with van der Waals surface area (Å²) < 4.78 is 29.5. The van der Waals surface area contributed by atoms with Gasteiger partial charge in [0.2, 0.25) is 0 Å². The molecule has 4 nitrogen and oxygen atoms in total. The standard InChI is InChI=1S/C15H23NO3S/c1-2-20(17,18)15-7-4-3-6-14(15)16-10-5-11-19-12-13-8-9-13/h3-4,6-7,13,16H,2,5,8-12H2,1H3. The summed E-state index contributed by atoms with van der Waals surface area (Å²) in [5.74, 6) is 0.911. The van der Waals surface area contributed by atoms with Crippen LogP contribution in [0.5, 0.6) is 0 Å². The molecule has 0 heterocycles. The van der Waals surface area contributed by atoms with E-state index < -0.39 is 9.84 Å². The van der Waals surface area contributed by atoms with Gasteiger partial charge in [0.15, 0.2) is 9.84 Å². The van der Waals surface area contributed by atoms with Crippen LogP contribution in [0.4, 0.5) is 5.69 Å². The van der Waals surface area contributed by atoms with Gasteiger partial charge in [-0.1, -0.05) is 19.1 Å². The van der Waals surface area contributed by atoms with Crippen molar-refractivity contribution in [2.45, 2.75) is 31.1 Å². The fourth-order valence-corrected chi connectivity index (χ4v) is 3.04. The van der Waals surface area contributed by atoms with Crippen LogP contribution in [0.3, 0.4) is 0 Å². The summed E-state index contributed by atoms with van der Waals surface area (Å²) in [6.45, 7) is 3.99. The van der Waals surface area contributed by atoms with Crippen molar-refractivity contribution in [1.29, 1.82) is 0 Å². The average molecular weight is 297 g/mol. The molecule has 0 saturated heterocycles. The fourth-order valence-electron chi connectivity index (χ4n) is 1.97. The number of nitrogens with one attached hydrogen (secondary N) is 1. The minimum Gasteiger partial charge on any atom is -0.384 e. The van der Waals surface area contributed by atoms with Crippen LogP contribution in [0.15, 0.2) is 29.2 Å². The molecule has 0 aromatic heterocycles. The summed E-state index contributed by atoms with van der Waals surface area (Å²) >= 11 is 0. The number of para-hydroxylation sites is 1. The zero-order chi connectivity index (χ0) is 14.4. The van der Waals surface area contributed by atoms with Crippen LogP contribution < -0.4 is 5.32 Å². The zero-order valence-corrected chi connectivity index (χ0v) is 12.8. The normalized spacial score (nSPS) is 15.2. The molecule has 1 aromatic rings. The van der Waals surface area contributed by atoms with Gasteiger partial charge in [0.25, 0.3) is 0 Å². The molecule has 20 heavy (non-hydrogen) atoms. The minimum atomic E-state index is -3.17. The fraction of sp³-hybridized carbons (Fsp3) is 0.600. The molecule has 1 N–H and O–H groups in total. The highest BCUT2D eigenvalue weighted by Gasteiger charge is 2.20. The van der Waals surface area contributed by atoms with Crippen molar-refractivity contribution >= 4 is 15.5 Å². The van der Waals surface area contributed by atoms with E-state index in [2.05, 4.69) is 5.32 Å². The van der Waals surface area contributed by atoms with Gasteiger partial charge in [-0.15, -0.1) is 0 Å². The molecule has 1 aromatic carbocycles. The first-order valence-electron chi connectivity index (χ1n) is 7.27. The molecule has 5 heteroatoms. The van der Waals surface area contributed by atoms with Gasteiger partial charge in [-0.2, -0.15) is 0 Å². The highest BCUT2D eigenvalue weighted by atomic mass is 32.2. The van der Waals surface area contributed by atoms with Crippen molar-refractivity contribution in [2.24, 2.45) is 5.92 Å². The lowest BCUT2D eigenvalue weighted by molar-refractivity contribution is 0.124. The van der Waals surface area contributed by atoms with Gasteiger partial charge in [-0.05, 0) is 37.3 Å². The maximum atomic E-state index is 12.0. The zero-order valence-electron chi connectivity index (χ0n) is 12.0. The molecule has 0 atom stereocenters. The maximum absolute atomic E-state index is 12.0. The molecule has 112 valence electrons. The summed E-state index contributed by atoms with van der Waals surface area (Å²) in [5.41, 5.74) is 0.691. The van der Waals surface area contributed by atoms with Gasteiger partial charge >= 0.3 is 0 Å². The Kier molecular flexibility index (Phi) is 5.43. The van der Waals surface area contributed by atoms with Gasteiger partial charge in [-0.3, -0.25) is 0 Å². The maximum Gasteiger partial charge on any atom is 0.180 e. The first-order chi connectivity index (χ1) is 9.63. The Morgan fingerprint density at radius 2 is 2.05 bits per heavy atom. The third kappa shape index (κ3) is 4.49. The number of anilines is 1. The first kappa shape index (κ1) is 15.3. The van der Waals surface area contributed by atoms with Crippen molar-refractivity contribution in [3.8, 4) is 0 Å². The van der Waals surface area contributed by atoms with Crippen molar-refractivity contribution in [3.63, 3.8) is 0 Å². The number of hydrogen-bond acceptors (Lipinski definition) is 4. The number of rotatable bonds is 9. The van der Waals surface area contributed by atoms with E-state index in [9.17, 15) is 8.42 Å². The lowest BCUT2D eigenvalue weighted by atomic mass is 10.3. The molecule has 0 unspecified atom stereocenters. The number of hydrogen-bond donors (Lipinski definition) is 1. The van der Waals surface area contributed by atoms with Gasteiger partial charge in [0, 0.05) is 19.8 Å². The topological polar surface area (TPSA) is 55.4 Å². The van der Waals surface area contributed by atoms with E-state index in [0.29, 0.717) is 10.6 Å². The van der Waals surface area contributed by atoms with Crippen LogP contribution >= 0.6 is 0 Å². The molecule has 1 saturated carbocycles. The van der Waals surface area contributed by atoms with E-state index in [1.807, 2.05) is 12.1 Å². The third-order valence-electron chi connectivity index (χ3n) is 3.43. The highest BCUT2D eigenvalue weighted by Crippen LogP contribution is 2.28. The summed E-state index contributed by atoms with van der Waals surface area (Å²) in [7, 11) is -3.17. The quantitative estimate of drug-likeness (QED) is 0.712. The van der Waals surface area contributed by atoms with Crippen LogP contribution in [0.1, 0.15) is 26.2 Å². The Hall–Kier alpha value is -1.07. The SMILES string of the molecule is CCS(=O)(=O)c1ccccc1NCCCOCC1CC1. The number of sulfone groups is 1. The Bertz CT molecular complexity index is 524. The van der Waals surface area contributed by atoms with Crippen molar-refractivity contribution in [1.82, 2.24) is 0 Å². The van der Waals surface area contributed by atoms with E-state index in [4.69, 9.17) is 4.74 Å². The molecule has 0 amide bonds. The lowest BCUT2D eigenvalue weighted by Gasteiger charge is -2.11. The summed E-state index contributed by atoms with van der Waals surface area (Å²) in [6, 6.07) is 7.07. The Morgan fingerprint density at radius 3 is 2.75 bits per heavy atom. The lowest BCUT2D eigenvalue weighted by Crippen LogP contribution is -2.11. The smallest absolute Gasteiger partial charge is 0.180 e. The monoisotopic (exact) mass is 297 g/mol. The predicted octanol–water partition coefficient (Wildman–Crippen LogP) is 2.71. The molecule has 0 bridgehead atoms. The Morgan fingerprint density at radius 1 is 1.30 bits per heavy atom. The minimum absolute atomic E-state index is 0.121. The van der Waals surface area contributed by atoms with Gasteiger partial charge in [0.05, 0.1) is 16.3 Å². The van der Waals surface area contributed by atoms with Crippen molar-refractivity contribution < 1.29 is 13.2 Å². The molecule has 1 aliphatic carbocycles. The average Bonchev–Trinajstić information content (AvgIpc) is 3.27. The molecule has 2 rings (SSSR count). The summed E-state index contributed by atoms with van der Waals surface area (Å²) in [4.78, 5) is 0.390. The van der Waals surface area contributed by atoms with Crippen LogP contribution in [0, 0.1) is 5.92 Å². The van der Waals surface area contributed by atoms with Crippen molar-refractivity contribution in [2.75, 3.05) is 30.8 Å². The molecular formula is C15H23NO3S. The van der Waals surface area contributed by atoms with Crippen LogP contribution in [-0.4, -0.2) is 33.9 Å². The second-order valence-electron chi connectivity index (χ2n) is 5.20. The molecule has 0 spiro atoms. The van der Waals surface area contributed by atoms with E-state index in [1.165, 1.54) is 12.8 Å². The number of ether oxygens (including phenoxy) is 1. The van der Waals surface area contributed by atoms with Crippen LogP contribution in [0.2, 0.25) is 0 Å². The molecule has 0 aliphatic heterocycles. The third-order valence-corrected chi connectivity index (χ3v) is 5.22. The largest absolute Gasteiger partial charge is 0.384 e. The second kappa shape index (κ2) is 7.09. The van der Waals surface area contributed by atoms with Crippen LogP contribution in [0.25, 0.3) is 0 Å². The molecular weight excluding hydrogens is 274 g/mol. The first-order valence-corrected chi connectivity index (χ1v) is 8.92. The number of benzene rings is 1. The molecule has 0 radical (unpaired) electrons.